The SMILES string of the molecule is S=C(Nc1ccc(Br)cc1)Nc1cccc2ccccc12. The van der Waals surface area contributed by atoms with Gasteiger partial charge in [0.15, 0.2) is 5.11 Å². The highest BCUT2D eigenvalue weighted by Crippen LogP contribution is 2.23. The van der Waals surface area contributed by atoms with E-state index in [1.807, 2.05) is 48.5 Å². The van der Waals surface area contributed by atoms with Gasteiger partial charge in [0.05, 0.1) is 0 Å². The summed E-state index contributed by atoms with van der Waals surface area (Å²) >= 11 is 8.80. The number of anilines is 2. The molecule has 0 spiro atoms. The molecule has 3 aromatic rings. The van der Waals surface area contributed by atoms with Crippen molar-refractivity contribution in [3.63, 3.8) is 0 Å². The number of nitrogens with one attached hydrogen (secondary N) is 2. The lowest BCUT2D eigenvalue weighted by Gasteiger charge is -2.12. The fourth-order valence-electron chi connectivity index (χ4n) is 2.15. The van der Waals surface area contributed by atoms with Gasteiger partial charge in [-0.25, -0.2) is 0 Å². The molecule has 104 valence electrons. The number of fused-ring (bicyclic) bond motifs is 1. The molecule has 0 atom stereocenters. The number of hydrogen-bond donors (Lipinski definition) is 2. The smallest absolute Gasteiger partial charge is 0.175 e. The molecule has 4 heteroatoms. The average molecular weight is 357 g/mol. The van der Waals surface area contributed by atoms with Crippen LogP contribution in [-0.4, -0.2) is 5.11 Å². The van der Waals surface area contributed by atoms with Crippen LogP contribution in [0.2, 0.25) is 0 Å². The Morgan fingerprint density at radius 2 is 1.52 bits per heavy atom. The third kappa shape index (κ3) is 3.40. The first kappa shape index (κ1) is 14.0. The largest absolute Gasteiger partial charge is 0.332 e. The van der Waals surface area contributed by atoms with Gasteiger partial charge < -0.3 is 10.6 Å². The topological polar surface area (TPSA) is 24.1 Å². The van der Waals surface area contributed by atoms with Crippen molar-refractivity contribution in [2.75, 3.05) is 10.6 Å². The zero-order valence-electron chi connectivity index (χ0n) is 11.1. The van der Waals surface area contributed by atoms with Crippen LogP contribution in [0.3, 0.4) is 0 Å². The molecule has 2 N–H and O–H groups in total. The first-order chi connectivity index (χ1) is 10.2. The lowest BCUT2D eigenvalue weighted by Crippen LogP contribution is -2.19. The van der Waals surface area contributed by atoms with E-state index in [9.17, 15) is 0 Å². The fourth-order valence-corrected chi connectivity index (χ4v) is 2.64. The second-order valence-corrected chi connectivity index (χ2v) is 5.94. The number of benzene rings is 3. The zero-order valence-corrected chi connectivity index (χ0v) is 13.5. The van der Waals surface area contributed by atoms with Gasteiger partial charge in [-0.15, -0.1) is 0 Å². The monoisotopic (exact) mass is 356 g/mol. The minimum absolute atomic E-state index is 0.577. The quantitative estimate of drug-likeness (QED) is 0.600. The van der Waals surface area contributed by atoms with Crippen LogP contribution in [0.5, 0.6) is 0 Å². The second-order valence-electron chi connectivity index (χ2n) is 4.61. The van der Waals surface area contributed by atoms with Crippen LogP contribution in [-0.2, 0) is 0 Å². The normalized spacial score (nSPS) is 10.3. The highest BCUT2D eigenvalue weighted by molar-refractivity contribution is 9.10. The van der Waals surface area contributed by atoms with Gasteiger partial charge in [-0.1, -0.05) is 52.3 Å². The molecule has 3 aromatic carbocycles. The number of rotatable bonds is 2. The summed E-state index contributed by atoms with van der Waals surface area (Å²) in [5, 5.41) is 9.36. The number of hydrogen-bond acceptors (Lipinski definition) is 1. The van der Waals surface area contributed by atoms with E-state index in [0.717, 1.165) is 21.2 Å². The lowest BCUT2D eigenvalue weighted by atomic mass is 10.1. The van der Waals surface area contributed by atoms with E-state index in [1.165, 1.54) is 5.39 Å². The highest BCUT2D eigenvalue weighted by Gasteiger charge is 2.03. The Balaban J connectivity index is 1.79. The minimum atomic E-state index is 0.577. The summed E-state index contributed by atoms with van der Waals surface area (Å²) < 4.78 is 1.04. The van der Waals surface area contributed by atoms with Crippen LogP contribution >= 0.6 is 28.1 Å². The maximum atomic E-state index is 5.38. The summed E-state index contributed by atoms with van der Waals surface area (Å²) in [6.07, 6.45) is 0. The van der Waals surface area contributed by atoms with Crippen molar-refractivity contribution in [1.82, 2.24) is 0 Å². The summed E-state index contributed by atoms with van der Waals surface area (Å²) in [5.74, 6) is 0. The van der Waals surface area contributed by atoms with Gasteiger partial charge in [-0.05, 0) is 47.9 Å². The van der Waals surface area contributed by atoms with Crippen LogP contribution in [0, 0.1) is 0 Å². The van der Waals surface area contributed by atoms with Gasteiger partial charge >= 0.3 is 0 Å². The van der Waals surface area contributed by atoms with Crippen molar-refractivity contribution >= 4 is 55.4 Å². The molecule has 0 aromatic heterocycles. The Morgan fingerprint density at radius 1 is 0.810 bits per heavy atom. The molecule has 21 heavy (non-hydrogen) atoms. The Morgan fingerprint density at radius 3 is 2.33 bits per heavy atom. The van der Waals surface area contributed by atoms with Crippen LogP contribution in [0.25, 0.3) is 10.8 Å². The Bertz CT molecular complexity index is 779. The van der Waals surface area contributed by atoms with Crippen LogP contribution in [0.4, 0.5) is 11.4 Å². The summed E-state index contributed by atoms with van der Waals surface area (Å²) in [6.45, 7) is 0. The Kier molecular flexibility index (Phi) is 4.18. The molecule has 0 radical (unpaired) electrons. The standard InChI is InChI=1S/C17H13BrN2S/c18-13-8-10-14(11-9-13)19-17(21)20-16-7-3-5-12-4-1-2-6-15(12)16/h1-11H,(H2,19,20,21). The summed E-state index contributed by atoms with van der Waals surface area (Å²) in [4.78, 5) is 0. The van der Waals surface area contributed by atoms with E-state index in [4.69, 9.17) is 12.2 Å². The van der Waals surface area contributed by atoms with Gasteiger partial charge in [0.25, 0.3) is 0 Å². The molecule has 2 nitrogen and oxygen atoms in total. The molecule has 0 unspecified atom stereocenters. The van der Waals surface area contributed by atoms with Gasteiger partial charge in [0.1, 0.15) is 0 Å². The van der Waals surface area contributed by atoms with Gasteiger partial charge in [0, 0.05) is 21.2 Å². The first-order valence-electron chi connectivity index (χ1n) is 6.54. The van der Waals surface area contributed by atoms with Crippen LogP contribution in [0.1, 0.15) is 0 Å². The van der Waals surface area contributed by atoms with Crippen molar-refractivity contribution in [1.29, 1.82) is 0 Å². The van der Waals surface area contributed by atoms with Gasteiger partial charge in [-0.2, -0.15) is 0 Å². The Labute approximate surface area is 137 Å². The molecular formula is C17H13BrN2S. The molecule has 0 fully saturated rings. The van der Waals surface area contributed by atoms with E-state index in [0.29, 0.717) is 5.11 Å². The van der Waals surface area contributed by atoms with Gasteiger partial charge in [0.2, 0.25) is 0 Å². The van der Waals surface area contributed by atoms with E-state index in [1.54, 1.807) is 0 Å². The van der Waals surface area contributed by atoms with E-state index >= 15 is 0 Å². The van der Waals surface area contributed by atoms with Crippen LogP contribution in [0.15, 0.2) is 71.2 Å². The summed E-state index contributed by atoms with van der Waals surface area (Å²) in [5.41, 5.74) is 1.96. The molecule has 0 saturated heterocycles. The van der Waals surface area contributed by atoms with Gasteiger partial charge in [-0.3, -0.25) is 0 Å². The fraction of sp³-hybridized carbons (Fsp3) is 0. The van der Waals surface area contributed by atoms with Crippen LogP contribution < -0.4 is 10.6 Å². The van der Waals surface area contributed by atoms with E-state index in [2.05, 4.69) is 44.8 Å². The van der Waals surface area contributed by atoms with E-state index in [-0.39, 0.29) is 0 Å². The van der Waals surface area contributed by atoms with Crippen molar-refractivity contribution in [2.24, 2.45) is 0 Å². The molecule has 0 amide bonds. The van der Waals surface area contributed by atoms with Crippen molar-refractivity contribution < 1.29 is 0 Å². The number of thiocarbonyl (C=S) groups is 1. The highest BCUT2D eigenvalue weighted by atomic mass is 79.9. The number of halogens is 1. The van der Waals surface area contributed by atoms with Crippen molar-refractivity contribution in [2.45, 2.75) is 0 Å². The van der Waals surface area contributed by atoms with Crippen molar-refractivity contribution in [3.8, 4) is 0 Å². The first-order valence-corrected chi connectivity index (χ1v) is 7.74. The summed E-state index contributed by atoms with van der Waals surface area (Å²) in [7, 11) is 0. The molecular weight excluding hydrogens is 344 g/mol. The third-order valence-corrected chi connectivity index (χ3v) is 3.87. The zero-order chi connectivity index (χ0) is 14.7. The third-order valence-electron chi connectivity index (χ3n) is 3.14. The lowest BCUT2D eigenvalue weighted by molar-refractivity contribution is 1.59. The molecule has 0 heterocycles. The molecule has 0 aliphatic heterocycles. The second kappa shape index (κ2) is 6.24. The average Bonchev–Trinajstić information content (AvgIpc) is 2.50. The predicted octanol–water partition coefficient (Wildman–Crippen LogP) is 5.41. The Hall–Kier alpha value is -1.91. The maximum Gasteiger partial charge on any atom is 0.175 e. The minimum Gasteiger partial charge on any atom is -0.332 e. The summed E-state index contributed by atoms with van der Waals surface area (Å²) in [6, 6.07) is 22.3. The van der Waals surface area contributed by atoms with E-state index < -0.39 is 0 Å². The molecule has 0 aliphatic rings. The van der Waals surface area contributed by atoms with Crippen molar-refractivity contribution in [3.05, 3.63) is 71.2 Å². The maximum absolute atomic E-state index is 5.38. The predicted molar refractivity (Wildman–Crippen MR) is 97.9 cm³/mol. The molecule has 0 bridgehead atoms. The molecule has 0 saturated carbocycles. The molecule has 3 rings (SSSR count). The molecule has 0 aliphatic carbocycles.